The molecule has 3 heterocycles. The molecule has 8 heteroatoms. The highest BCUT2D eigenvalue weighted by atomic mass is 16.5. The summed E-state index contributed by atoms with van der Waals surface area (Å²) in [5.41, 5.74) is -0.243. The third-order valence-corrected chi connectivity index (χ3v) is 7.43. The highest BCUT2D eigenvalue weighted by Gasteiger charge is 2.53. The highest BCUT2D eigenvalue weighted by Crippen LogP contribution is 2.40. The number of pyridine rings is 1. The van der Waals surface area contributed by atoms with Crippen LogP contribution in [0.3, 0.4) is 0 Å². The Morgan fingerprint density at radius 1 is 1.30 bits per heavy atom. The van der Waals surface area contributed by atoms with E-state index in [0.29, 0.717) is 38.2 Å². The molecule has 1 aromatic rings. The van der Waals surface area contributed by atoms with Gasteiger partial charge in [-0.05, 0) is 62.6 Å². The summed E-state index contributed by atoms with van der Waals surface area (Å²) in [6.07, 6.45) is 10.3. The molecular formula is C25H37N3O5. The maximum atomic E-state index is 12.7. The van der Waals surface area contributed by atoms with Gasteiger partial charge in [-0.25, -0.2) is 4.98 Å². The lowest BCUT2D eigenvalue weighted by molar-refractivity contribution is -0.198. The van der Waals surface area contributed by atoms with Gasteiger partial charge in [0.15, 0.2) is 0 Å². The van der Waals surface area contributed by atoms with Gasteiger partial charge in [0.2, 0.25) is 5.91 Å². The van der Waals surface area contributed by atoms with Crippen LogP contribution in [0.25, 0.3) is 6.08 Å². The maximum Gasteiger partial charge on any atom is 0.290 e. The summed E-state index contributed by atoms with van der Waals surface area (Å²) in [5.74, 6) is 1.51. The summed E-state index contributed by atoms with van der Waals surface area (Å²) in [4.78, 5) is 27.8. The standard InChI is InChI=1S/C24H35N3O3.CH2O2/c1-3-18-8-9-20(25-17-18)27-13-10-24(11-14-27)22(29)23(2,12-15-30-24)26-21(28)16-19-6-4-5-7-19;2-1-3/h3,8-9,17,19,22,29H,1,4-7,10-16H2,2H3,(H,26,28);1H,(H,2,3)/t22-,23+;/m0./s1. The largest absolute Gasteiger partial charge is 0.483 e. The smallest absolute Gasteiger partial charge is 0.290 e. The Morgan fingerprint density at radius 3 is 2.55 bits per heavy atom. The Labute approximate surface area is 196 Å². The first-order valence-electron chi connectivity index (χ1n) is 11.9. The molecule has 3 aliphatic rings. The van der Waals surface area contributed by atoms with Crippen molar-refractivity contribution in [2.45, 2.75) is 75.5 Å². The van der Waals surface area contributed by atoms with Gasteiger partial charge in [0, 0.05) is 32.3 Å². The molecule has 2 saturated heterocycles. The van der Waals surface area contributed by atoms with Gasteiger partial charge in [0.1, 0.15) is 11.9 Å². The van der Waals surface area contributed by atoms with Crippen LogP contribution >= 0.6 is 0 Å². The van der Waals surface area contributed by atoms with Gasteiger partial charge in [-0.15, -0.1) is 0 Å². The quantitative estimate of drug-likeness (QED) is 0.580. The summed E-state index contributed by atoms with van der Waals surface area (Å²) < 4.78 is 6.19. The first kappa shape index (κ1) is 25.2. The van der Waals surface area contributed by atoms with Gasteiger partial charge in [-0.1, -0.05) is 25.5 Å². The molecule has 3 fully saturated rings. The fourth-order valence-corrected chi connectivity index (χ4v) is 5.48. The van der Waals surface area contributed by atoms with Crippen LogP contribution in [0.1, 0.15) is 63.9 Å². The Hall–Kier alpha value is -2.45. The van der Waals surface area contributed by atoms with Crippen LogP contribution in [0.5, 0.6) is 0 Å². The van der Waals surface area contributed by atoms with E-state index in [1.54, 1.807) is 6.08 Å². The number of amides is 1. The molecule has 1 spiro atoms. The Kier molecular flexibility index (Phi) is 8.48. The van der Waals surface area contributed by atoms with Crippen LogP contribution in [0.15, 0.2) is 24.9 Å². The lowest BCUT2D eigenvalue weighted by atomic mass is 9.73. The summed E-state index contributed by atoms with van der Waals surface area (Å²) in [6, 6.07) is 4.03. The maximum absolute atomic E-state index is 12.7. The second kappa shape index (κ2) is 11.1. The van der Waals surface area contributed by atoms with Crippen LogP contribution < -0.4 is 10.2 Å². The lowest BCUT2D eigenvalue weighted by Gasteiger charge is -2.53. The molecule has 2 aliphatic heterocycles. The van der Waals surface area contributed by atoms with Crippen molar-refractivity contribution in [1.82, 2.24) is 10.3 Å². The zero-order chi connectivity index (χ0) is 23.9. The van der Waals surface area contributed by atoms with Gasteiger partial charge in [0.05, 0.1) is 11.1 Å². The van der Waals surface area contributed by atoms with E-state index < -0.39 is 17.2 Å². The zero-order valence-electron chi connectivity index (χ0n) is 19.5. The number of hydrogen-bond donors (Lipinski definition) is 3. The SMILES string of the molecule is C=Cc1ccc(N2CCC3(CC2)OCC[C@@](C)(NC(=O)CC2CCCC2)[C@@H]3O)nc1.O=CO. The Morgan fingerprint density at radius 2 is 1.97 bits per heavy atom. The van der Waals surface area contributed by atoms with E-state index in [2.05, 4.69) is 21.8 Å². The number of aliphatic hydroxyl groups excluding tert-OH is 1. The molecule has 4 rings (SSSR count). The first-order valence-corrected chi connectivity index (χ1v) is 11.9. The second-order valence-electron chi connectivity index (χ2n) is 9.63. The predicted octanol–water partition coefficient (Wildman–Crippen LogP) is 3.00. The fourth-order valence-electron chi connectivity index (χ4n) is 5.48. The van der Waals surface area contributed by atoms with Crippen molar-refractivity contribution in [1.29, 1.82) is 0 Å². The Balaban J connectivity index is 0.000000968. The normalized spacial score (nSPS) is 26.8. The molecule has 1 amide bonds. The van der Waals surface area contributed by atoms with Crippen LogP contribution in [-0.4, -0.2) is 64.5 Å². The van der Waals surface area contributed by atoms with Gasteiger partial charge in [0.25, 0.3) is 6.47 Å². The number of anilines is 1. The molecule has 2 atom stereocenters. The minimum Gasteiger partial charge on any atom is -0.483 e. The lowest BCUT2D eigenvalue weighted by Crippen LogP contribution is -2.69. The number of ether oxygens (including phenoxy) is 1. The third-order valence-electron chi connectivity index (χ3n) is 7.43. The van der Waals surface area contributed by atoms with Gasteiger partial charge < -0.3 is 25.2 Å². The average Bonchev–Trinajstić information content (AvgIpc) is 3.31. The number of carbonyl (C=O) groups excluding carboxylic acids is 1. The second-order valence-corrected chi connectivity index (χ2v) is 9.63. The number of carboxylic acid groups (broad SMARTS) is 1. The molecule has 1 saturated carbocycles. The number of piperidine rings is 1. The van der Waals surface area contributed by atoms with Crippen molar-refractivity contribution in [2.75, 3.05) is 24.6 Å². The number of carbonyl (C=O) groups is 2. The van der Waals surface area contributed by atoms with Crippen LogP contribution in [0, 0.1) is 5.92 Å². The van der Waals surface area contributed by atoms with E-state index in [9.17, 15) is 9.90 Å². The minimum absolute atomic E-state index is 0.0736. The van der Waals surface area contributed by atoms with Gasteiger partial charge >= 0.3 is 0 Å². The monoisotopic (exact) mass is 459 g/mol. The predicted molar refractivity (Wildman–Crippen MR) is 127 cm³/mol. The summed E-state index contributed by atoms with van der Waals surface area (Å²) in [6.45, 7) is 7.60. The minimum atomic E-state index is -0.718. The molecule has 1 aromatic heterocycles. The van der Waals surface area contributed by atoms with E-state index in [1.807, 2.05) is 25.3 Å². The number of nitrogens with one attached hydrogen (secondary N) is 1. The van der Waals surface area contributed by atoms with Crippen molar-refractivity contribution in [2.24, 2.45) is 5.92 Å². The molecule has 1 aliphatic carbocycles. The third kappa shape index (κ3) is 5.92. The molecule has 0 bridgehead atoms. The number of aromatic nitrogens is 1. The fraction of sp³-hybridized carbons (Fsp3) is 0.640. The van der Waals surface area contributed by atoms with Gasteiger partial charge in [-0.3, -0.25) is 9.59 Å². The van der Waals surface area contributed by atoms with Crippen molar-refractivity contribution in [3.8, 4) is 0 Å². The van der Waals surface area contributed by atoms with Crippen LogP contribution in [0.4, 0.5) is 5.82 Å². The molecule has 3 N–H and O–H groups in total. The van der Waals surface area contributed by atoms with E-state index in [0.717, 1.165) is 37.3 Å². The molecule has 0 aromatic carbocycles. The van der Waals surface area contributed by atoms with E-state index in [-0.39, 0.29) is 12.4 Å². The zero-order valence-corrected chi connectivity index (χ0v) is 19.5. The number of hydrogen-bond acceptors (Lipinski definition) is 6. The topological polar surface area (TPSA) is 112 Å². The Bertz CT molecular complexity index is 801. The number of rotatable bonds is 5. The average molecular weight is 460 g/mol. The van der Waals surface area contributed by atoms with Crippen LogP contribution in [-0.2, 0) is 14.3 Å². The summed E-state index contributed by atoms with van der Waals surface area (Å²) >= 11 is 0. The van der Waals surface area contributed by atoms with E-state index in [1.165, 1.54) is 12.8 Å². The highest BCUT2D eigenvalue weighted by molar-refractivity contribution is 5.77. The molecule has 33 heavy (non-hydrogen) atoms. The van der Waals surface area contributed by atoms with Crippen molar-refractivity contribution in [3.05, 3.63) is 30.5 Å². The van der Waals surface area contributed by atoms with Gasteiger partial charge in [-0.2, -0.15) is 0 Å². The van der Waals surface area contributed by atoms with E-state index in [4.69, 9.17) is 14.6 Å². The summed E-state index contributed by atoms with van der Waals surface area (Å²) in [7, 11) is 0. The van der Waals surface area contributed by atoms with Crippen LogP contribution in [0.2, 0.25) is 0 Å². The molecule has 8 nitrogen and oxygen atoms in total. The number of aliphatic hydroxyl groups is 1. The summed E-state index contributed by atoms with van der Waals surface area (Å²) in [5, 5.41) is 21.4. The first-order chi connectivity index (χ1) is 15.9. The molecule has 0 radical (unpaired) electrons. The molecule has 0 unspecified atom stereocenters. The number of nitrogens with zero attached hydrogens (tertiary/aromatic N) is 2. The molecular weight excluding hydrogens is 422 g/mol. The van der Waals surface area contributed by atoms with Crippen molar-refractivity contribution in [3.63, 3.8) is 0 Å². The molecule has 182 valence electrons. The van der Waals surface area contributed by atoms with Crippen molar-refractivity contribution >= 4 is 24.3 Å². The van der Waals surface area contributed by atoms with E-state index >= 15 is 0 Å². The van der Waals surface area contributed by atoms with Crippen molar-refractivity contribution < 1.29 is 24.5 Å².